The van der Waals surface area contributed by atoms with Gasteiger partial charge in [0.15, 0.2) is 11.4 Å². The van der Waals surface area contributed by atoms with E-state index in [2.05, 4.69) is 4.99 Å². The summed E-state index contributed by atoms with van der Waals surface area (Å²) >= 11 is 1.30. The van der Waals surface area contributed by atoms with Crippen LogP contribution in [0.1, 0.15) is 11.1 Å². The number of amides is 1. The van der Waals surface area contributed by atoms with Crippen molar-refractivity contribution in [3.8, 4) is 0 Å². The zero-order valence-corrected chi connectivity index (χ0v) is 16.3. The molecule has 2 aromatic heterocycles. The summed E-state index contributed by atoms with van der Waals surface area (Å²) in [6.45, 7) is 1.61. The van der Waals surface area contributed by atoms with Crippen LogP contribution in [0, 0.1) is 6.92 Å². The molecule has 0 spiro atoms. The molecule has 3 rings (SSSR count). The largest absolute Gasteiger partial charge is 0.454 e. The fourth-order valence-electron chi connectivity index (χ4n) is 2.43. The molecule has 0 aliphatic carbocycles. The smallest absolute Gasteiger partial charge is 0.328 e. The third kappa shape index (κ3) is 5.72. The summed E-state index contributed by atoms with van der Waals surface area (Å²) in [7, 11) is 0. The molecule has 0 aliphatic rings. The Labute approximate surface area is 168 Å². The number of hydrogen-bond acceptors (Lipinski definition) is 6. The van der Waals surface area contributed by atoms with Crippen LogP contribution in [-0.4, -0.2) is 32.6 Å². The van der Waals surface area contributed by atoms with Crippen molar-refractivity contribution in [3.63, 3.8) is 0 Å². The zero-order valence-electron chi connectivity index (χ0n) is 15.5. The highest BCUT2D eigenvalue weighted by molar-refractivity contribution is 7.07. The minimum absolute atomic E-state index is 0.421. The van der Waals surface area contributed by atoms with E-state index in [1.807, 2.05) is 52.3 Å². The topological polar surface area (TPSA) is 116 Å². The van der Waals surface area contributed by atoms with Gasteiger partial charge in [0.05, 0.1) is 0 Å². The van der Waals surface area contributed by atoms with E-state index in [4.69, 9.17) is 4.74 Å². The van der Waals surface area contributed by atoms with E-state index in [1.54, 1.807) is 0 Å². The van der Waals surface area contributed by atoms with Crippen LogP contribution < -0.4 is 16.1 Å². The lowest BCUT2D eigenvalue weighted by molar-refractivity contribution is -0.148. The number of aryl methyl sites for hydroxylation is 1. The molecule has 0 fully saturated rings. The first-order valence-electron chi connectivity index (χ1n) is 8.63. The SMILES string of the molecule is Cc1ccc(Cn2ccsc2=NC(=O)COC(=O)Cn2ccc(=O)[nH]c2=O)cc1. The van der Waals surface area contributed by atoms with Gasteiger partial charge in [-0.2, -0.15) is 4.99 Å². The van der Waals surface area contributed by atoms with Crippen molar-refractivity contribution in [2.24, 2.45) is 4.99 Å². The van der Waals surface area contributed by atoms with E-state index in [-0.39, 0.29) is 0 Å². The van der Waals surface area contributed by atoms with Crippen LogP contribution in [-0.2, 0) is 27.4 Å². The van der Waals surface area contributed by atoms with Crippen LogP contribution in [0.3, 0.4) is 0 Å². The Morgan fingerprint density at radius 1 is 1.10 bits per heavy atom. The minimum atomic E-state index is -0.790. The number of esters is 1. The van der Waals surface area contributed by atoms with Gasteiger partial charge in [0.2, 0.25) is 0 Å². The van der Waals surface area contributed by atoms with E-state index in [9.17, 15) is 19.2 Å². The lowest BCUT2D eigenvalue weighted by Gasteiger charge is -2.05. The Balaban J connectivity index is 1.60. The molecule has 0 saturated heterocycles. The molecule has 9 nitrogen and oxygen atoms in total. The van der Waals surface area contributed by atoms with Crippen molar-refractivity contribution >= 4 is 23.2 Å². The number of hydrogen-bond donors (Lipinski definition) is 1. The van der Waals surface area contributed by atoms with Crippen LogP contribution in [0.2, 0.25) is 0 Å². The van der Waals surface area contributed by atoms with Gasteiger partial charge >= 0.3 is 11.7 Å². The Morgan fingerprint density at radius 2 is 1.86 bits per heavy atom. The van der Waals surface area contributed by atoms with Crippen LogP contribution >= 0.6 is 11.3 Å². The second-order valence-corrected chi connectivity index (χ2v) is 7.08. The Bertz CT molecular complexity index is 1200. The van der Waals surface area contributed by atoms with E-state index in [0.717, 1.165) is 21.8 Å². The minimum Gasteiger partial charge on any atom is -0.454 e. The molecule has 0 radical (unpaired) electrons. The molecule has 0 unspecified atom stereocenters. The molecule has 10 heteroatoms. The molecule has 0 aliphatic heterocycles. The molecular weight excluding hydrogens is 396 g/mol. The van der Waals surface area contributed by atoms with Gasteiger partial charge < -0.3 is 9.30 Å². The average Bonchev–Trinajstić information content (AvgIpc) is 3.11. The average molecular weight is 414 g/mol. The summed E-state index contributed by atoms with van der Waals surface area (Å²) in [5.74, 6) is -1.41. The van der Waals surface area contributed by atoms with Crippen LogP contribution in [0.4, 0.5) is 0 Å². The van der Waals surface area contributed by atoms with E-state index in [1.165, 1.54) is 17.5 Å². The quantitative estimate of drug-likeness (QED) is 0.587. The van der Waals surface area contributed by atoms with Crippen molar-refractivity contribution in [1.29, 1.82) is 0 Å². The summed E-state index contributed by atoms with van der Waals surface area (Å²) in [5, 5.41) is 1.81. The standard InChI is InChI=1S/C19H18N4O5S/c1-13-2-4-14(5-3-13)10-23-8-9-29-19(23)21-16(25)12-28-17(26)11-22-7-6-15(24)20-18(22)27/h2-9H,10-12H2,1H3,(H,20,24,27). The van der Waals surface area contributed by atoms with Gasteiger partial charge in [-0.3, -0.25) is 23.9 Å². The Hall–Kier alpha value is -3.53. The van der Waals surface area contributed by atoms with E-state index >= 15 is 0 Å². The van der Waals surface area contributed by atoms with Crippen molar-refractivity contribution in [1.82, 2.24) is 14.1 Å². The number of ether oxygens (including phenoxy) is 1. The number of carbonyl (C=O) groups is 2. The molecule has 29 heavy (non-hydrogen) atoms. The number of aromatic amines is 1. The maximum atomic E-state index is 12.1. The first-order chi connectivity index (χ1) is 13.9. The highest BCUT2D eigenvalue weighted by Crippen LogP contribution is 2.05. The molecule has 1 amide bonds. The van der Waals surface area contributed by atoms with Crippen molar-refractivity contribution in [2.75, 3.05) is 6.61 Å². The summed E-state index contributed by atoms with van der Waals surface area (Å²) in [6, 6.07) is 9.14. The van der Waals surface area contributed by atoms with Crippen LogP contribution in [0.25, 0.3) is 0 Å². The van der Waals surface area contributed by atoms with Gasteiger partial charge in [-0.1, -0.05) is 29.8 Å². The van der Waals surface area contributed by atoms with Gasteiger partial charge in [0.1, 0.15) is 6.54 Å². The maximum Gasteiger partial charge on any atom is 0.328 e. The highest BCUT2D eigenvalue weighted by Gasteiger charge is 2.09. The lowest BCUT2D eigenvalue weighted by Crippen LogP contribution is -2.31. The summed E-state index contributed by atoms with van der Waals surface area (Å²) in [5.41, 5.74) is 0.931. The number of thiazole rings is 1. The molecule has 0 bridgehead atoms. The predicted molar refractivity (Wildman–Crippen MR) is 105 cm³/mol. The first kappa shape index (κ1) is 20.2. The number of aromatic nitrogens is 3. The lowest BCUT2D eigenvalue weighted by atomic mass is 10.1. The normalized spacial score (nSPS) is 11.4. The summed E-state index contributed by atoms with van der Waals surface area (Å²) in [6.07, 6.45) is 3.00. The van der Waals surface area contributed by atoms with Crippen molar-refractivity contribution < 1.29 is 14.3 Å². The van der Waals surface area contributed by atoms with Gasteiger partial charge in [0, 0.05) is 30.4 Å². The molecular formula is C19H18N4O5S. The zero-order chi connectivity index (χ0) is 20.8. The molecule has 3 aromatic rings. The number of nitrogens with one attached hydrogen (secondary N) is 1. The van der Waals surface area contributed by atoms with E-state index in [0.29, 0.717) is 11.3 Å². The monoisotopic (exact) mass is 414 g/mol. The fraction of sp³-hybridized carbons (Fsp3) is 0.211. The number of rotatable bonds is 6. The first-order valence-corrected chi connectivity index (χ1v) is 9.51. The summed E-state index contributed by atoms with van der Waals surface area (Å²) in [4.78, 5) is 52.9. The van der Waals surface area contributed by atoms with Gasteiger partial charge in [0.25, 0.3) is 11.5 Å². The van der Waals surface area contributed by atoms with Crippen LogP contribution in [0.5, 0.6) is 0 Å². The highest BCUT2D eigenvalue weighted by atomic mass is 32.1. The number of H-pyrrole nitrogens is 1. The van der Waals surface area contributed by atoms with Gasteiger partial charge in [-0.05, 0) is 12.5 Å². The number of benzene rings is 1. The fourth-order valence-corrected chi connectivity index (χ4v) is 3.18. The van der Waals surface area contributed by atoms with Gasteiger partial charge in [-0.25, -0.2) is 4.79 Å². The number of nitrogens with zero attached hydrogens (tertiary/aromatic N) is 3. The molecule has 2 heterocycles. The third-order valence-corrected chi connectivity index (χ3v) is 4.70. The Kier molecular flexibility index (Phi) is 6.35. The number of carbonyl (C=O) groups excluding carboxylic acids is 2. The van der Waals surface area contributed by atoms with E-state index < -0.39 is 36.3 Å². The maximum absolute atomic E-state index is 12.1. The van der Waals surface area contributed by atoms with Gasteiger partial charge in [-0.15, -0.1) is 11.3 Å². The molecule has 0 saturated carbocycles. The Morgan fingerprint density at radius 3 is 2.59 bits per heavy atom. The molecule has 1 aromatic carbocycles. The van der Waals surface area contributed by atoms with Crippen LogP contribution in [0.15, 0.2) is 62.7 Å². The predicted octanol–water partition coefficient (Wildman–Crippen LogP) is 0.427. The second-order valence-electron chi connectivity index (χ2n) is 6.20. The third-order valence-electron chi connectivity index (χ3n) is 3.91. The second kappa shape index (κ2) is 9.11. The van der Waals surface area contributed by atoms with Crippen molar-refractivity contribution in [2.45, 2.75) is 20.0 Å². The summed E-state index contributed by atoms with van der Waals surface area (Å²) < 4.78 is 7.68. The van der Waals surface area contributed by atoms with Crippen molar-refractivity contribution in [3.05, 3.63) is 84.9 Å². The molecule has 0 atom stereocenters. The molecule has 1 N–H and O–H groups in total. The molecule has 150 valence electrons.